The molecule has 3 rings (SSSR count). The van der Waals surface area contributed by atoms with Crippen LogP contribution >= 0.6 is 0 Å². The van der Waals surface area contributed by atoms with Crippen LogP contribution in [0.25, 0.3) is 21.8 Å². The summed E-state index contributed by atoms with van der Waals surface area (Å²) in [5, 5.41) is 1.74. The summed E-state index contributed by atoms with van der Waals surface area (Å²) in [6, 6.07) is 11.3. The molecule has 0 aliphatic rings. The van der Waals surface area contributed by atoms with Gasteiger partial charge in [-0.15, -0.1) is 0 Å². The number of H-pyrrole nitrogens is 1. The lowest BCUT2D eigenvalue weighted by Crippen LogP contribution is -2.01. The second-order valence-electron chi connectivity index (χ2n) is 4.23. The Morgan fingerprint density at radius 2 is 1.68 bits per heavy atom. The van der Waals surface area contributed by atoms with Gasteiger partial charge in [0, 0.05) is 10.9 Å². The van der Waals surface area contributed by atoms with Crippen molar-refractivity contribution in [2.75, 3.05) is 14.2 Å². The molecule has 0 bridgehead atoms. The number of hydrogen-bond donors (Lipinski definition) is 1. The molecule has 1 N–H and O–H groups in total. The Hall–Kier alpha value is -2.49. The van der Waals surface area contributed by atoms with E-state index in [9.17, 15) is 4.79 Å². The summed E-state index contributed by atoms with van der Waals surface area (Å²) in [5.74, 6) is 0.387. The normalized spacial score (nSPS) is 10.8. The number of aromatic nitrogens is 1. The lowest BCUT2D eigenvalue weighted by atomic mass is 10.1. The molecule has 1 heterocycles. The minimum Gasteiger partial charge on any atom is -0.496 e. The summed E-state index contributed by atoms with van der Waals surface area (Å²) in [7, 11) is 3.00. The van der Waals surface area contributed by atoms with Crippen molar-refractivity contribution in [2.24, 2.45) is 0 Å². The number of carbonyl (C=O) groups excluding carboxylic acids is 1. The van der Waals surface area contributed by atoms with Crippen molar-refractivity contribution >= 4 is 27.8 Å². The topological polar surface area (TPSA) is 51.3 Å². The molecule has 0 saturated heterocycles. The van der Waals surface area contributed by atoms with Crippen molar-refractivity contribution in [2.45, 2.75) is 0 Å². The van der Waals surface area contributed by atoms with Gasteiger partial charge in [0.25, 0.3) is 0 Å². The fourth-order valence-electron chi connectivity index (χ4n) is 2.41. The maximum absolute atomic E-state index is 11.9. The van der Waals surface area contributed by atoms with E-state index >= 15 is 0 Å². The molecule has 0 fully saturated rings. The van der Waals surface area contributed by atoms with Crippen molar-refractivity contribution in [3.8, 4) is 5.75 Å². The molecular weight excluding hydrogens is 242 g/mol. The lowest BCUT2D eigenvalue weighted by molar-refractivity contribution is 0.0603. The zero-order valence-corrected chi connectivity index (χ0v) is 10.7. The van der Waals surface area contributed by atoms with Crippen LogP contribution in [0.5, 0.6) is 5.75 Å². The molecule has 0 amide bonds. The molecule has 0 aliphatic carbocycles. The van der Waals surface area contributed by atoms with Gasteiger partial charge in [-0.3, -0.25) is 0 Å². The highest BCUT2D eigenvalue weighted by atomic mass is 16.5. The van der Waals surface area contributed by atoms with E-state index in [1.807, 2.05) is 30.3 Å². The van der Waals surface area contributed by atoms with Gasteiger partial charge in [-0.05, 0) is 24.3 Å². The molecule has 96 valence electrons. The molecule has 3 aromatic rings. The molecule has 19 heavy (non-hydrogen) atoms. The van der Waals surface area contributed by atoms with Crippen LogP contribution in [0.4, 0.5) is 0 Å². The third-order valence-corrected chi connectivity index (χ3v) is 3.24. The third kappa shape index (κ3) is 1.64. The van der Waals surface area contributed by atoms with Gasteiger partial charge in [0.2, 0.25) is 0 Å². The number of carbonyl (C=O) groups is 1. The third-order valence-electron chi connectivity index (χ3n) is 3.24. The first kappa shape index (κ1) is 11.6. The Labute approximate surface area is 109 Å². The number of methoxy groups -OCH3 is 2. The van der Waals surface area contributed by atoms with Crippen molar-refractivity contribution < 1.29 is 14.3 Å². The minimum absolute atomic E-state index is 0.350. The largest absolute Gasteiger partial charge is 0.496 e. The van der Waals surface area contributed by atoms with Gasteiger partial charge < -0.3 is 14.5 Å². The first-order valence-corrected chi connectivity index (χ1v) is 5.92. The van der Waals surface area contributed by atoms with Gasteiger partial charge in [0.05, 0.1) is 30.7 Å². The summed E-state index contributed by atoms with van der Waals surface area (Å²) in [6.07, 6.45) is 0. The van der Waals surface area contributed by atoms with E-state index in [1.165, 1.54) is 7.11 Å². The predicted molar refractivity (Wildman–Crippen MR) is 73.7 cm³/mol. The van der Waals surface area contributed by atoms with Gasteiger partial charge >= 0.3 is 5.97 Å². The quantitative estimate of drug-likeness (QED) is 0.716. The van der Waals surface area contributed by atoms with Crippen LogP contribution in [0.1, 0.15) is 10.4 Å². The number of fused-ring (bicyclic) bond motifs is 3. The Morgan fingerprint density at radius 1 is 1.00 bits per heavy atom. The standard InChI is InChI=1S/C15H13NO3/c1-18-12-8-4-7-11-14(12)13-9(15(17)19-2)5-3-6-10(13)16-11/h3-8,16H,1-2H3. The SMILES string of the molecule is COC(=O)c1cccc2[nH]c3cccc(OC)c3c12. The van der Waals surface area contributed by atoms with Crippen molar-refractivity contribution in [3.63, 3.8) is 0 Å². The molecule has 0 atom stereocenters. The molecule has 4 nitrogen and oxygen atoms in total. The molecule has 4 heteroatoms. The number of nitrogens with one attached hydrogen (secondary N) is 1. The van der Waals surface area contributed by atoms with E-state index in [0.29, 0.717) is 5.56 Å². The van der Waals surface area contributed by atoms with Gasteiger partial charge in [0.15, 0.2) is 0 Å². The van der Waals surface area contributed by atoms with Gasteiger partial charge in [0.1, 0.15) is 5.75 Å². The van der Waals surface area contributed by atoms with Gasteiger partial charge in [-0.1, -0.05) is 12.1 Å². The minimum atomic E-state index is -0.350. The highest BCUT2D eigenvalue weighted by Crippen LogP contribution is 2.35. The van der Waals surface area contributed by atoms with Crippen molar-refractivity contribution in [1.82, 2.24) is 4.98 Å². The molecule has 1 aromatic heterocycles. The molecule has 2 aromatic carbocycles. The number of rotatable bonds is 2. The number of aromatic amines is 1. The Bertz CT molecular complexity index is 774. The fraction of sp³-hybridized carbons (Fsp3) is 0.133. The van der Waals surface area contributed by atoms with E-state index in [-0.39, 0.29) is 5.97 Å². The highest BCUT2D eigenvalue weighted by molar-refractivity contribution is 6.18. The van der Waals surface area contributed by atoms with Crippen LogP contribution in [0.3, 0.4) is 0 Å². The Balaban J connectivity index is 2.50. The second kappa shape index (κ2) is 4.31. The molecular formula is C15H13NO3. The maximum Gasteiger partial charge on any atom is 0.338 e. The van der Waals surface area contributed by atoms with Crippen LogP contribution in [0, 0.1) is 0 Å². The Morgan fingerprint density at radius 3 is 2.37 bits per heavy atom. The molecule has 0 radical (unpaired) electrons. The highest BCUT2D eigenvalue weighted by Gasteiger charge is 2.16. The zero-order chi connectivity index (χ0) is 13.4. The van der Waals surface area contributed by atoms with E-state index in [1.54, 1.807) is 13.2 Å². The molecule has 0 aliphatic heterocycles. The van der Waals surface area contributed by atoms with Crippen LogP contribution in [0.2, 0.25) is 0 Å². The fourth-order valence-corrected chi connectivity index (χ4v) is 2.41. The summed E-state index contributed by atoms with van der Waals surface area (Å²) in [5.41, 5.74) is 2.36. The summed E-state index contributed by atoms with van der Waals surface area (Å²) < 4.78 is 10.2. The van der Waals surface area contributed by atoms with Crippen molar-refractivity contribution in [3.05, 3.63) is 42.0 Å². The van der Waals surface area contributed by atoms with Crippen LogP contribution in [-0.4, -0.2) is 25.2 Å². The summed E-state index contributed by atoms with van der Waals surface area (Å²) in [4.78, 5) is 15.2. The number of ether oxygens (including phenoxy) is 2. The van der Waals surface area contributed by atoms with E-state index in [4.69, 9.17) is 9.47 Å². The Kier molecular flexibility index (Phi) is 2.63. The average Bonchev–Trinajstić information content (AvgIpc) is 2.84. The number of esters is 1. The lowest BCUT2D eigenvalue weighted by Gasteiger charge is -2.04. The number of benzene rings is 2. The van der Waals surface area contributed by atoms with Gasteiger partial charge in [-0.25, -0.2) is 4.79 Å². The van der Waals surface area contributed by atoms with Crippen LogP contribution in [0.15, 0.2) is 36.4 Å². The van der Waals surface area contributed by atoms with E-state index < -0.39 is 0 Å². The molecule has 0 saturated carbocycles. The maximum atomic E-state index is 11.9. The summed E-state index contributed by atoms with van der Waals surface area (Å²) in [6.45, 7) is 0. The monoisotopic (exact) mass is 255 g/mol. The first-order chi connectivity index (χ1) is 9.26. The smallest absolute Gasteiger partial charge is 0.338 e. The van der Waals surface area contributed by atoms with Crippen LogP contribution < -0.4 is 4.74 Å². The average molecular weight is 255 g/mol. The summed E-state index contributed by atoms with van der Waals surface area (Å²) >= 11 is 0. The second-order valence-corrected chi connectivity index (χ2v) is 4.23. The zero-order valence-electron chi connectivity index (χ0n) is 10.7. The predicted octanol–water partition coefficient (Wildman–Crippen LogP) is 3.12. The molecule has 0 spiro atoms. The molecule has 0 unspecified atom stereocenters. The van der Waals surface area contributed by atoms with E-state index in [0.717, 1.165) is 27.6 Å². The van der Waals surface area contributed by atoms with Gasteiger partial charge in [-0.2, -0.15) is 0 Å². The van der Waals surface area contributed by atoms with Crippen molar-refractivity contribution in [1.29, 1.82) is 0 Å². The first-order valence-electron chi connectivity index (χ1n) is 5.92. The number of hydrogen-bond acceptors (Lipinski definition) is 3. The van der Waals surface area contributed by atoms with E-state index in [2.05, 4.69) is 4.98 Å². The van der Waals surface area contributed by atoms with Crippen LogP contribution in [-0.2, 0) is 4.74 Å².